The molecule has 0 amide bonds. The van der Waals surface area contributed by atoms with Crippen molar-refractivity contribution in [2.75, 3.05) is 0 Å². The van der Waals surface area contributed by atoms with Gasteiger partial charge in [-0.05, 0) is 19.8 Å². The van der Waals surface area contributed by atoms with Gasteiger partial charge >= 0.3 is 5.97 Å². The molecule has 2 unspecified atom stereocenters. The SMILES string of the molecule is CC(O)C(C(=O)O)C1(C#N)CCCCC1. The molecule has 2 N–H and O–H groups in total. The smallest absolute Gasteiger partial charge is 0.310 e. The highest BCUT2D eigenvalue weighted by atomic mass is 16.4. The number of hydrogen-bond donors (Lipinski definition) is 2. The summed E-state index contributed by atoms with van der Waals surface area (Å²) in [7, 11) is 0. The molecule has 0 spiro atoms. The summed E-state index contributed by atoms with van der Waals surface area (Å²) < 4.78 is 0. The topological polar surface area (TPSA) is 81.3 Å². The lowest BCUT2D eigenvalue weighted by atomic mass is 9.65. The maximum atomic E-state index is 11.1. The molecule has 0 aliphatic heterocycles. The monoisotopic (exact) mass is 211 g/mol. The zero-order chi connectivity index (χ0) is 11.5. The Morgan fingerprint density at radius 2 is 1.93 bits per heavy atom. The minimum Gasteiger partial charge on any atom is -0.481 e. The van der Waals surface area contributed by atoms with Crippen LogP contribution in [0.3, 0.4) is 0 Å². The molecule has 15 heavy (non-hydrogen) atoms. The lowest BCUT2D eigenvalue weighted by Gasteiger charge is -2.36. The highest BCUT2D eigenvalue weighted by Gasteiger charge is 2.46. The van der Waals surface area contributed by atoms with E-state index in [9.17, 15) is 15.2 Å². The van der Waals surface area contributed by atoms with Gasteiger partial charge in [-0.2, -0.15) is 5.26 Å². The van der Waals surface area contributed by atoms with E-state index in [-0.39, 0.29) is 0 Å². The Morgan fingerprint density at radius 3 is 2.27 bits per heavy atom. The van der Waals surface area contributed by atoms with E-state index >= 15 is 0 Å². The largest absolute Gasteiger partial charge is 0.481 e. The zero-order valence-corrected chi connectivity index (χ0v) is 8.94. The van der Waals surface area contributed by atoms with E-state index in [2.05, 4.69) is 6.07 Å². The Hall–Kier alpha value is -1.08. The van der Waals surface area contributed by atoms with Crippen molar-refractivity contribution in [2.24, 2.45) is 11.3 Å². The summed E-state index contributed by atoms with van der Waals surface area (Å²) >= 11 is 0. The minimum atomic E-state index is -1.06. The number of aliphatic hydroxyl groups is 1. The van der Waals surface area contributed by atoms with Crippen molar-refractivity contribution in [3.05, 3.63) is 0 Å². The molecular weight excluding hydrogens is 194 g/mol. The number of rotatable bonds is 3. The van der Waals surface area contributed by atoms with E-state index in [0.29, 0.717) is 12.8 Å². The lowest BCUT2D eigenvalue weighted by molar-refractivity contribution is -0.151. The Bertz CT molecular complexity index is 274. The fraction of sp³-hybridized carbons (Fsp3) is 0.818. The van der Waals surface area contributed by atoms with Crippen molar-refractivity contribution >= 4 is 5.97 Å². The van der Waals surface area contributed by atoms with Crippen LogP contribution in [0, 0.1) is 22.7 Å². The van der Waals surface area contributed by atoms with Crippen molar-refractivity contribution in [1.82, 2.24) is 0 Å². The van der Waals surface area contributed by atoms with E-state index < -0.39 is 23.4 Å². The van der Waals surface area contributed by atoms with Gasteiger partial charge in [0.1, 0.15) is 5.92 Å². The van der Waals surface area contributed by atoms with Crippen LogP contribution in [0.1, 0.15) is 39.0 Å². The van der Waals surface area contributed by atoms with Crippen LogP contribution in [0.5, 0.6) is 0 Å². The molecule has 1 aliphatic rings. The molecule has 1 aliphatic carbocycles. The highest BCUT2D eigenvalue weighted by Crippen LogP contribution is 2.43. The molecule has 4 heteroatoms. The van der Waals surface area contributed by atoms with Crippen molar-refractivity contribution < 1.29 is 15.0 Å². The molecule has 1 fully saturated rings. The second-order valence-corrected chi connectivity index (χ2v) is 4.39. The summed E-state index contributed by atoms with van der Waals surface area (Å²) in [5.74, 6) is -2.02. The van der Waals surface area contributed by atoms with Gasteiger partial charge in [0, 0.05) is 0 Å². The van der Waals surface area contributed by atoms with Gasteiger partial charge < -0.3 is 10.2 Å². The van der Waals surface area contributed by atoms with Gasteiger partial charge in [-0.3, -0.25) is 4.79 Å². The standard InChI is InChI=1S/C11H17NO3/c1-8(13)9(10(14)15)11(7-12)5-3-2-4-6-11/h8-9,13H,2-6H2,1H3,(H,14,15). The second kappa shape index (κ2) is 4.63. The third kappa shape index (κ3) is 2.29. The molecule has 84 valence electrons. The van der Waals surface area contributed by atoms with E-state index in [1.54, 1.807) is 0 Å². The predicted octanol–water partition coefficient (Wildman–Crippen LogP) is 1.54. The van der Waals surface area contributed by atoms with E-state index in [1.165, 1.54) is 6.92 Å². The van der Waals surface area contributed by atoms with Gasteiger partial charge in [0.05, 0.1) is 17.6 Å². The van der Waals surface area contributed by atoms with Gasteiger partial charge in [-0.15, -0.1) is 0 Å². The van der Waals surface area contributed by atoms with E-state index in [0.717, 1.165) is 19.3 Å². The Labute approximate surface area is 89.5 Å². The predicted molar refractivity (Wildman–Crippen MR) is 53.9 cm³/mol. The maximum absolute atomic E-state index is 11.1. The van der Waals surface area contributed by atoms with Crippen molar-refractivity contribution in [3.8, 4) is 6.07 Å². The van der Waals surface area contributed by atoms with Gasteiger partial charge in [0.2, 0.25) is 0 Å². The average Bonchev–Trinajstić information content (AvgIpc) is 2.18. The minimum absolute atomic E-state index is 0.589. The molecule has 0 saturated heterocycles. The normalized spacial score (nSPS) is 23.8. The molecule has 1 saturated carbocycles. The number of aliphatic hydroxyl groups excluding tert-OH is 1. The van der Waals surface area contributed by atoms with Crippen LogP contribution in [0.4, 0.5) is 0 Å². The van der Waals surface area contributed by atoms with Gasteiger partial charge in [0.25, 0.3) is 0 Å². The van der Waals surface area contributed by atoms with E-state index in [4.69, 9.17) is 5.11 Å². The molecule has 0 heterocycles. The molecular formula is C11H17NO3. The summed E-state index contributed by atoms with van der Waals surface area (Å²) in [6, 6.07) is 2.14. The molecule has 4 nitrogen and oxygen atoms in total. The van der Waals surface area contributed by atoms with Crippen LogP contribution in [0.25, 0.3) is 0 Å². The number of nitriles is 1. The Morgan fingerprint density at radius 1 is 1.40 bits per heavy atom. The molecule has 0 aromatic carbocycles. The summed E-state index contributed by atoms with van der Waals surface area (Å²) in [6.45, 7) is 1.45. The number of hydrogen-bond acceptors (Lipinski definition) is 3. The number of carboxylic acid groups (broad SMARTS) is 1. The van der Waals surface area contributed by atoms with Gasteiger partial charge in [-0.25, -0.2) is 0 Å². The van der Waals surface area contributed by atoms with Crippen LogP contribution in [0.2, 0.25) is 0 Å². The highest BCUT2D eigenvalue weighted by molar-refractivity contribution is 5.72. The first kappa shape index (κ1) is 12.0. The van der Waals surface area contributed by atoms with Crippen LogP contribution in [0.15, 0.2) is 0 Å². The summed E-state index contributed by atoms with van der Waals surface area (Å²) in [5, 5.41) is 27.8. The fourth-order valence-corrected chi connectivity index (χ4v) is 2.58. The molecule has 0 aromatic heterocycles. The van der Waals surface area contributed by atoms with Crippen LogP contribution < -0.4 is 0 Å². The lowest BCUT2D eigenvalue weighted by Crippen LogP contribution is -2.42. The third-order valence-corrected chi connectivity index (χ3v) is 3.31. The Balaban J connectivity index is 2.96. The third-order valence-electron chi connectivity index (χ3n) is 3.31. The fourth-order valence-electron chi connectivity index (χ4n) is 2.58. The molecule has 0 bridgehead atoms. The second-order valence-electron chi connectivity index (χ2n) is 4.39. The summed E-state index contributed by atoms with van der Waals surface area (Å²) in [4.78, 5) is 11.1. The van der Waals surface area contributed by atoms with Gasteiger partial charge in [0.15, 0.2) is 0 Å². The first-order valence-electron chi connectivity index (χ1n) is 5.35. The quantitative estimate of drug-likeness (QED) is 0.742. The number of carbonyl (C=O) groups is 1. The van der Waals surface area contributed by atoms with Crippen molar-refractivity contribution in [1.29, 1.82) is 5.26 Å². The Kier molecular flexibility index (Phi) is 3.70. The van der Waals surface area contributed by atoms with E-state index in [1.807, 2.05) is 0 Å². The van der Waals surface area contributed by atoms with Crippen LogP contribution >= 0.6 is 0 Å². The molecule has 0 aromatic rings. The maximum Gasteiger partial charge on any atom is 0.310 e. The summed E-state index contributed by atoms with van der Waals surface area (Å²) in [5.41, 5.74) is -0.863. The van der Waals surface area contributed by atoms with Crippen LogP contribution in [-0.2, 0) is 4.79 Å². The van der Waals surface area contributed by atoms with Crippen molar-refractivity contribution in [2.45, 2.75) is 45.1 Å². The first-order chi connectivity index (χ1) is 7.03. The number of aliphatic carboxylic acids is 1. The van der Waals surface area contributed by atoms with Crippen molar-refractivity contribution in [3.63, 3.8) is 0 Å². The summed E-state index contributed by atoms with van der Waals surface area (Å²) in [6.07, 6.45) is 3.01. The first-order valence-corrected chi connectivity index (χ1v) is 5.35. The molecule has 2 atom stereocenters. The number of carboxylic acids is 1. The molecule has 0 radical (unpaired) electrons. The van der Waals surface area contributed by atoms with Crippen LogP contribution in [-0.4, -0.2) is 22.3 Å². The van der Waals surface area contributed by atoms with Gasteiger partial charge in [-0.1, -0.05) is 19.3 Å². The number of nitrogens with zero attached hydrogens (tertiary/aromatic N) is 1. The zero-order valence-electron chi connectivity index (χ0n) is 8.94. The molecule has 1 rings (SSSR count). The average molecular weight is 211 g/mol.